The van der Waals surface area contributed by atoms with Gasteiger partial charge in [-0.25, -0.2) is 9.67 Å². The summed E-state index contributed by atoms with van der Waals surface area (Å²) in [6, 6.07) is 0. The van der Waals surface area contributed by atoms with Crippen molar-refractivity contribution in [3.05, 3.63) is 25.3 Å². The zero-order valence-corrected chi connectivity index (χ0v) is 5.70. The second-order valence-corrected chi connectivity index (χ2v) is 2.05. The quantitative estimate of drug-likeness (QED) is 0.572. The number of hydrogen-bond donors (Lipinski definition) is 0. The van der Waals surface area contributed by atoms with E-state index >= 15 is 0 Å². The van der Waals surface area contributed by atoms with Crippen LogP contribution in [0, 0.1) is 0 Å². The minimum absolute atomic E-state index is 0.604. The summed E-state index contributed by atoms with van der Waals surface area (Å²) in [5.74, 6) is 0. The average Bonchev–Trinajstić information content (AvgIpc) is 2.60. The summed E-state index contributed by atoms with van der Waals surface area (Å²) in [7, 11) is 0. The Labute approximate surface area is 62.5 Å². The molecular weight excluding hydrogens is 144 g/mol. The zero-order chi connectivity index (χ0) is 7.52. The minimum Gasteiger partial charge on any atom is -0.300 e. The van der Waals surface area contributed by atoms with Crippen molar-refractivity contribution in [2.45, 2.75) is 6.67 Å². The lowest BCUT2D eigenvalue weighted by Crippen LogP contribution is -2.06. The fourth-order valence-electron chi connectivity index (χ4n) is 0.768. The van der Waals surface area contributed by atoms with Gasteiger partial charge in [0.25, 0.3) is 0 Å². The fraction of sp³-hybridized carbons (Fsp3) is 0.200. The lowest BCUT2D eigenvalue weighted by molar-refractivity contribution is 0.545. The summed E-state index contributed by atoms with van der Waals surface area (Å²) in [5.41, 5.74) is 0. The lowest BCUT2D eigenvalue weighted by atomic mass is 10.9. The molecule has 11 heavy (non-hydrogen) atoms. The van der Waals surface area contributed by atoms with Crippen LogP contribution in [0.1, 0.15) is 0 Å². The normalized spacial score (nSPS) is 10.2. The molecule has 0 amide bonds. The maximum absolute atomic E-state index is 3.92. The SMILES string of the molecule is c1ncn(Cn2cnnc2)n1. The van der Waals surface area contributed by atoms with Crippen LogP contribution in [0.3, 0.4) is 0 Å². The van der Waals surface area contributed by atoms with E-state index in [9.17, 15) is 0 Å². The summed E-state index contributed by atoms with van der Waals surface area (Å²) >= 11 is 0. The van der Waals surface area contributed by atoms with Gasteiger partial charge in [-0.05, 0) is 0 Å². The van der Waals surface area contributed by atoms with Gasteiger partial charge in [0.05, 0.1) is 0 Å². The van der Waals surface area contributed by atoms with Crippen molar-refractivity contribution in [1.82, 2.24) is 29.5 Å². The molecule has 0 aliphatic heterocycles. The van der Waals surface area contributed by atoms with Gasteiger partial charge in [0, 0.05) is 0 Å². The highest BCUT2D eigenvalue weighted by atomic mass is 15.4. The van der Waals surface area contributed by atoms with Crippen molar-refractivity contribution in [2.24, 2.45) is 0 Å². The number of hydrogen-bond acceptors (Lipinski definition) is 4. The summed E-state index contributed by atoms with van der Waals surface area (Å²) in [4.78, 5) is 3.80. The molecule has 0 spiro atoms. The molecule has 0 unspecified atom stereocenters. The topological polar surface area (TPSA) is 61.4 Å². The van der Waals surface area contributed by atoms with Gasteiger partial charge in [-0.15, -0.1) is 10.2 Å². The Morgan fingerprint density at radius 1 is 1.09 bits per heavy atom. The van der Waals surface area contributed by atoms with E-state index < -0.39 is 0 Å². The van der Waals surface area contributed by atoms with Crippen molar-refractivity contribution in [1.29, 1.82) is 0 Å². The summed E-state index contributed by atoms with van der Waals surface area (Å²) in [5, 5.41) is 11.2. The van der Waals surface area contributed by atoms with Crippen LogP contribution in [0.15, 0.2) is 25.3 Å². The molecule has 0 aliphatic carbocycles. The summed E-state index contributed by atoms with van der Waals surface area (Å²) < 4.78 is 3.48. The summed E-state index contributed by atoms with van der Waals surface area (Å²) in [6.07, 6.45) is 6.38. The van der Waals surface area contributed by atoms with Crippen molar-refractivity contribution in [3.8, 4) is 0 Å². The standard InChI is InChI=1S/C5H6N6/c1-6-2-11(9-1)5-10-3-7-8-4-10/h1-4H,5H2. The van der Waals surface area contributed by atoms with Crippen LogP contribution < -0.4 is 0 Å². The predicted molar refractivity (Wildman–Crippen MR) is 35.4 cm³/mol. The van der Waals surface area contributed by atoms with E-state index in [1.807, 2.05) is 0 Å². The van der Waals surface area contributed by atoms with Crippen molar-refractivity contribution in [3.63, 3.8) is 0 Å². The first-order valence-corrected chi connectivity index (χ1v) is 3.10. The maximum Gasteiger partial charge on any atom is 0.137 e. The molecule has 2 rings (SSSR count). The molecular formula is C5H6N6. The summed E-state index contributed by atoms with van der Waals surface area (Å²) in [6.45, 7) is 0.604. The third-order valence-corrected chi connectivity index (χ3v) is 1.24. The highest BCUT2D eigenvalue weighted by molar-refractivity contribution is 4.62. The monoisotopic (exact) mass is 150 g/mol. The van der Waals surface area contributed by atoms with E-state index in [0.29, 0.717) is 6.67 Å². The number of nitrogens with zero attached hydrogens (tertiary/aromatic N) is 6. The third kappa shape index (κ3) is 1.23. The smallest absolute Gasteiger partial charge is 0.137 e. The molecule has 2 aromatic heterocycles. The molecule has 6 heteroatoms. The van der Waals surface area contributed by atoms with Gasteiger partial charge in [0.15, 0.2) is 0 Å². The second kappa shape index (κ2) is 2.49. The molecule has 2 aromatic rings. The molecule has 2 heterocycles. The molecule has 0 aromatic carbocycles. The Morgan fingerprint density at radius 3 is 2.55 bits per heavy atom. The van der Waals surface area contributed by atoms with E-state index in [0.717, 1.165) is 0 Å². The van der Waals surface area contributed by atoms with E-state index in [-0.39, 0.29) is 0 Å². The molecule has 0 atom stereocenters. The maximum atomic E-state index is 3.92. The fourth-order valence-corrected chi connectivity index (χ4v) is 0.768. The number of aromatic nitrogens is 6. The van der Waals surface area contributed by atoms with Crippen molar-refractivity contribution >= 4 is 0 Å². The molecule has 0 fully saturated rings. The highest BCUT2D eigenvalue weighted by Crippen LogP contribution is 1.84. The zero-order valence-electron chi connectivity index (χ0n) is 5.70. The molecule has 56 valence electrons. The van der Waals surface area contributed by atoms with Crippen molar-refractivity contribution in [2.75, 3.05) is 0 Å². The Balaban J connectivity index is 2.14. The minimum atomic E-state index is 0.604. The van der Waals surface area contributed by atoms with Crippen LogP contribution in [0.5, 0.6) is 0 Å². The van der Waals surface area contributed by atoms with E-state index in [4.69, 9.17) is 0 Å². The lowest BCUT2D eigenvalue weighted by Gasteiger charge is -1.97. The molecule has 0 N–H and O–H groups in total. The Bertz CT molecular complexity index is 263. The van der Waals surface area contributed by atoms with Crippen LogP contribution >= 0.6 is 0 Å². The predicted octanol–water partition coefficient (Wildman–Crippen LogP) is -0.625. The van der Waals surface area contributed by atoms with Gasteiger partial charge < -0.3 is 0 Å². The Hall–Kier alpha value is -1.72. The molecule has 0 aliphatic rings. The Morgan fingerprint density at radius 2 is 1.91 bits per heavy atom. The van der Waals surface area contributed by atoms with Crippen molar-refractivity contribution < 1.29 is 0 Å². The molecule has 6 nitrogen and oxygen atoms in total. The van der Waals surface area contributed by atoms with Gasteiger partial charge in [0.2, 0.25) is 0 Å². The van der Waals surface area contributed by atoms with Gasteiger partial charge in [0.1, 0.15) is 32.0 Å². The number of rotatable bonds is 2. The molecule has 0 bridgehead atoms. The van der Waals surface area contributed by atoms with Crippen LogP contribution in [0.2, 0.25) is 0 Å². The average molecular weight is 150 g/mol. The third-order valence-electron chi connectivity index (χ3n) is 1.24. The van der Waals surface area contributed by atoms with Crippen LogP contribution in [-0.4, -0.2) is 29.5 Å². The molecule has 0 radical (unpaired) electrons. The van der Waals surface area contributed by atoms with Gasteiger partial charge in [-0.3, -0.25) is 4.57 Å². The Kier molecular flexibility index (Phi) is 1.36. The van der Waals surface area contributed by atoms with E-state index in [2.05, 4.69) is 20.3 Å². The van der Waals surface area contributed by atoms with Gasteiger partial charge in [-0.1, -0.05) is 0 Å². The second-order valence-electron chi connectivity index (χ2n) is 2.05. The van der Waals surface area contributed by atoms with E-state index in [1.54, 1.807) is 28.2 Å². The highest BCUT2D eigenvalue weighted by Gasteiger charge is 1.91. The molecule has 0 saturated carbocycles. The van der Waals surface area contributed by atoms with Crippen LogP contribution in [-0.2, 0) is 6.67 Å². The van der Waals surface area contributed by atoms with Crippen LogP contribution in [0.25, 0.3) is 0 Å². The first kappa shape index (κ1) is 6.02. The van der Waals surface area contributed by atoms with Gasteiger partial charge in [-0.2, -0.15) is 5.10 Å². The van der Waals surface area contributed by atoms with E-state index in [1.165, 1.54) is 6.33 Å². The first-order chi connectivity index (χ1) is 5.45. The molecule has 0 saturated heterocycles. The van der Waals surface area contributed by atoms with Gasteiger partial charge >= 0.3 is 0 Å². The first-order valence-electron chi connectivity index (χ1n) is 3.10. The largest absolute Gasteiger partial charge is 0.300 e. The van der Waals surface area contributed by atoms with Crippen LogP contribution in [0.4, 0.5) is 0 Å².